The molecule has 11 heteroatoms. The standard InChI is InChI=1S/C29H29N3O6S2/c1-21-9-14-26(15-10-21)40(36,37)32(24-7-5-4-6-8-24)20-29(33)30-23-12-16-25(17-13-23)39(34,35)31-27-19-22(2)11-18-28(27)38-3/h4-19,31H,20H2,1-3H3,(H,30,33). The van der Waals surface area contributed by atoms with Crippen LogP contribution in [0.1, 0.15) is 11.1 Å². The van der Waals surface area contributed by atoms with Crippen molar-refractivity contribution < 1.29 is 26.4 Å². The average molecular weight is 580 g/mol. The number of hydrogen-bond donors (Lipinski definition) is 2. The number of para-hydroxylation sites is 1. The summed E-state index contributed by atoms with van der Waals surface area (Å²) in [6, 6.07) is 25.4. The molecular formula is C29H29N3O6S2. The maximum absolute atomic E-state index is 13.5. The monoisotopic (exact) mass is 579 g/mol. The molecule has 2 N–H and O–H groups in total. The van der Waals surface area contributed by atoms with E-state index in [1.807, 2.05) is 13.8 Å². The summed E-state index contributed by atoms with van der Waals surface area (Å²) >= 11 is 0. The fraction of sp³-hybridized carbons (Fsp3) is 0.138. The zero-order valence-corrected chi connectivity index (χ0v) is 23.8. The lowest BCUT2D eigenvalue weighted by molar-refractivity contribution is -0.114. The maximum atomic E-state index is 13.5. The summed E-state index contributed by atoms with van der Waals surface area (Å²) in [5.74, 6) is -0.223. The third kappa shape index (κ3) is 6.61. The zero-order valence-electron chi connectivity index (χ0n) is 22.2. The Morgan fingerprint density at radius 3 is 2.00 bits per heavy atom. The minimum atomic E-state index is -4.05. The van der Waals surface area contributed by atoms with Gasteiger partial charge in [0.25, 0.3) is 20.0 Å². The van der Waals surface area contributed by atoms with Crippen LogP contribution in [0.5, 0.6) is 5.75 Å². The Hall–Kier alpha value is -4.35. The van der Waals surface area contributed by atoms with Gasteiger partial charge in [-0.1, -0.05) is 42.0 Å². The Kier molecular flexibility index (Phi) is 8.46. The van der Waals surface area contributed by atoms with Gasteiger partial charge in [-0.2, -0.15) is 0 Å². The van der Waals surface area contributed by atoms with Crippen LogP contribution in [0.2, 0.25) is 0 Å². The highest BCUT2D eigenvalue weighted by Crippen LogP contribution is 2.28. The first-order chi connectivity index (χ1) is 19.0. The van der Waals surface area contributed by atoms with Crippen LogP contribution in [0.4, 0.5) is 17.1 Å². The summed E-state index contributed by atoms with van der Waals surface area (Å²) in [7, 11) is -6.55. The van der Waals surface area contributed by atoms with Gasteiger partial charge in [-0.25, -0.2) is 16.8 Å². The smallest absolute Gasteiger partial charge is 0.264 e. The first-order valence-corrected chi connectivity index (χ1v) is 15.1. The Balaban J connectivity index is 1.52. The highest BCUT2D eigenvalue weighted by atomic mass is 32.2. The van der Waals surface area contributed by atoms with Crippen molar-refractivity contribution >= 4 is 43.0 Å². The molecule has 0 aliphatic heterocycles. The lowest BCUT2D eigenvalue weighted by atomic mass is 10.2. The third-order valence-corrected chi connectivity index (χ3v) is 9.16. The van der Waals surface area contributed by atoms with Crippen molar-refractivity contribution in [3.05, 3.63) is 108 Å². The Labute approximate surface area is 234 Å². The molecule has 4 aromatic carbocycles. The summed E-state index contributed by atoms with van der Waals surface area (Å²) < 4.78 is 61.6. The Bertz CT molecular complexity index is 1710. The number of methoxy groups -OCH3 is 1. The molecule has 0 unspecified atom stereocenters. The average Bonchev–Trinajstić information content (AvgIpc) is 2.92. The van der Waals surface area contributed by atoms with E-state index < -0.39 is 32.5 Å². The first-order valence-electron chi connectivity index (χ1n) is 12.2. The van der Waals surface area contributed by atoms with Gasteiger partial charge in [-0.15, -0.1) is 0 Å². The highest BCUT2D eigenvalue weighted by Gasteiger charge is 2.27. The summed E-state index contributed by atoms with van der Waals surface area (Å²) in [5.41, 5.74) is 2.69. The van der Waals surface area contributed by atoms with Crippen LogP contribution in [0, 0.1) is 13.8 Å². The van der Waals surface area contributed by atoms with Crippen molar-refractivity contribution in [3.63, 3.8) is 0 Å². The molecule has 0 aliphatic carbocycles. The number of amides is 1. The third-order valence-electron chi connectivity index (χ3n) is 5.99. The second-order valence-electron chi connectivity index (χ2n) is 9.04. The first kappa shape index (κ1) is 28.7. The van der Waals surface area contributed by atoms with Gasteiger partial charge in [0.2, 0.25) is 5.91 Å². The minimum absolute atomic E-state index is 0.0260. The van der Waals surface area contributed by atoms with Crippen LogP contribution in [-0.4, -0.2) is 36.4 Å². The van der Waals surface area contributed by atoms with E-state index in [-0.39, 0.29) is 9.79 Å². The van der Waals surface area contributed by atoms with E-state index in [0.717, 1.165) is 15.4 Å². The topological polar surface area (TPSA) is 122 Å². The van der Waals surface area contributed by atoms with Gasteiger partial charge >= 0.3 is 0 Å². The number of sulfonamides is 2. The molecule has 0 radical (unpaired) electrons. The van der Waals surface area contributed by atoms with Crippen molar-refractivity contribution in [2.75, 3.05) is 28.0 Å². The van der Waals surface area contributed by atoms with Crippen LogP contribution in [0.25, 0.3) is 0 Å². The van der Waals surface area contributed by atoms with E-state index in [2.05, 4.69) is 10.0 Å². The second-order valence-corrected chi connectivity index (χ2v) is 12.6. The molecule has 0 saturated heterocycles. The van der Waals surface area contributed by atoms with Crippen LogP contribution >= 0.6 is 0 Å². The fourth-order valence-electron chi connectivity index (χ4n) is 3.90. The number of carbonyl (C=O) groups is 1. The van der Waals surface area contributed by atoms with E-state index in [0.29, 0.717) is 22.8 Å². The van der Waals surface area contributed by atoms with Gasteiger partial charge in [-0.3, -0.25) is 13.8 Å². The van der Waals surface area contributed by atoms with E-state index in [1.54, 1.807) is 60.7 Å². The lowest BCUT2D eigenvalue weighted by Gasteiger charge is -2.24. The van der Waals surface area contributed by atoms with Crippen molar-refractivity contribution in [2.24, 2.45) is 0 Å². The van der Waals surface area contributed by atoms with E-state index in [9.17, 15) is 21.6 Å². The van der Waals surface area contributed by atoms with Gasteiger partial charge < -0.3 is 10.1 Å². The van der Waals surface area contributed by atoms with Gasteiger partial charge in [0, 0.05) is 5.69 Å². The largest absolute Gasteiger partial charge is 0.495 e. The number of ether oxygens (including phenoxy) is 1. The molecule has 0 atom stereocenters. The number of rotatable bonds is 10. The van der Waals surface area contributed by atoms with Crippen LogP contribution in [-0.2, 0) is 24.8 Å². The quantitative estimate of drug-likeness (QED) is 0.274. The van der Waals surface area contributed by atoms with Gasteiger partial charge in [0.15, 0.2) is 0 Å². The van der Waals surface area contributed by atoms with Gasteiger partial charge in [0.05, 0.1) is 28.3 Å². The molecule has 9 nitrogen and oxygen atoms in total. The Morgan fingerprint density at radius 1 is 0.775 bits per heavy atom. The van der Waals surface area contributed by atoms with Crippen molar-refractivity contribution in [1.82, 2.24) is 0 Å². The molecule has 208 valence electrons. The molecule has 0 aromatic heterocycles. The SMILES string of the molecule is COc1ccc(C)cc1NS(=O)(=O)c1ccc(NC(=O)CN(c2ccccc2)S(=O)(=O)c2ccc(C)cc2)cc1. The van der Waals surface area contributed by atoms with Crippen molar-refractivity contribution in [2.45, 2.75) is 23.6 Å². The molecule has 0 spiro atoms. The number of nitrogens with one attached hydrogen (secondary N) is 2. The molecule has 0 saturated carbocycles. The second kappa shape index (κ2) is 11.8. The molecule has 40 heavy (non-hydrogen) atoms. The van der Waals surface area contributed by atoms with Crippen molar-refractivity contribution in [1.29, 1.82) is 0 Å². The summed E-state index contributed by atoms with van der Waals surface area (Å²) in [4.78, 5) is 13.0. The van der Waals surface area contributed by atoms with Crippen LogP contribution in [0.15, 0.2) is 107 Å². The predicted molar refractivity (Wildman–Crippen MR) is 156 cm³/mol. The number of aryl methyl sites for hydroxylation is 2. The number of nitrogens with zero attached hydrogens (tertiary/aromatic N) is 1. The number of benzene rings is 4. The van der Waals surface area contributed by atoms with E-state index in [1.165, 1.54) is 43.5 Å². The van der Waals surface area contributed by atoms with Gasteiger partial charge in [-0.05, 0) is 80.1 Å². The zero-order chi connectivity index (χ0) is 28.9. The molecule has 1 amide bonds. The normalized spacial score (nSPS) is 11.5. The van der Waals surface area contributed by atoms with Crippen molar-refractivity contribution in [3.8, 4) is 5.75 Å². The molecule has 0 bridgehead atoms. The summed E-state index contributed by atoms with van der Waals surface area (Å²) in [6.07, 6.45) is 0. The number of carbonyl (C=O) groups excluding carboxylic acids is 1. The molecule has 4 aromatic rings. The maximum Gasteiger partial charge on any atom is 0.264 e. The van der Waals surface area contributed by atoms with Gasteiger partial charge in [0.1, 0.15) is 12.3 Å². The Morgan fingerprint density at radius 2 is 1.38 bits per heavy atom. The molecule has 4 rings (SSSR count). The number of anilines is 3. The molecule has 0 fully saturated rings. The predicted octanol–water partition coefficient (Wildman–Crippen LogP) is 4.95. The molecule has 0 aliphatic rings. The fourth-order valence-corrected chi connectivity index (χ4v) is 6.38. The summed E-state index contributed by atoms with van der Waals surface area (Å²) in [5, 5.41) is 2.65. The summed E-state index contributed by atoms with van der Waals surface area (Å²) in [6.45, 7) is 3.19. The van der Waals surface area contributed by atoms with E-state index >= 15 is 0 Å². The van der Waals surface area contributed by atoms with Crippen LogP contribution < -0.4 is 19.1 Å². The molecular weight excluding hydrogens is 550 g/mol. The highest BCUT2D eigenvalue weighted by molar-refractivity contribution is 7.93. The van der Waals surface area contributed by atoms with Crippen LogP contribution in [0.3, 0.4) is 0 Å². The lowest BCUT2D eigenvalue weighted by Crippen LogP contribution is -2.38. The number of hydrogen-bond acceptors (Lipinski definition) is 6. The minimum Gasteiger partial charge on any atom is -0.495 e. The molecule has 0 heterocycles. The van der Waals surface area contributed by atoms with E-state index in [4.69, 9.17) is 4.74 Å².